The summed E-state index contributed by atoms with van der Waals surface area (Å²) in [4.78, 5) is 0. The van der Waals surface area contributed by atoms with E-state index in [-0.39, 0.29) is 24.4 Å². The molecule has 0 bridgehead atoms. The van der Waals surface area contributed by atoms with Crippen LogP contribution in [-0.4, -0.2) is 56.6 Å². The maximum absolute atomic E-state index is 12.4. The van der Waals surface area contributed by atoms with Gasteiger partial charge < -0.3 is 24.6 Å². The van der Waals surface area contributed by atoms with E-state index < -0.39 is 12.5 Å². The Morgan fingerprint density at radius 3 is 2.76 bits per heavy atom. The molecule has 7 heteroatoms. The Hall–Kier alpha value is -0.920. The lowest BCUT2D eigenvalue weighted by Gasteiger charge is -2.45. The predicted molar refractivity (Wildman–Crippen MR) is 95.1 cm³/mol. The van der Waals surface area contributed by atoms with Crippen molar-refractivity contribution in [1.82, 2.24) is 5.32 Å². The van der Waals surface area contributed by atoms with E-state index in [1.54, 1.807) is 12.1 Å². The molecule has 1 aromatic rings. The molecular formula is C18H27ClFNO4. The largest absolute Gasteiger partial charge is 0.463 e. The SMILES string of the molecule is Cl.OC(Cc1cccc(OCF)c1)(C1CCOCC1)C1CNCCO1. The van der Waals surface area contributed by atoms with Crippen LogP contribution >= 0.6 is 12.4 Å². The van der Waals surface area contributed by atoms with Gasteiger partial charge in [-0.1, -0.05) is 12.1 Å². The van der Waals surface area contributed by atoms with E-state index in [2.05, 4.69) is 5.32 Å². The second-order valence-electron chi connectivity index (χ2n) is 6.52. The second-order valence-corrected chi connectivity index (χ2v) is 6.52. The lowest BCUT2D eigenvalue weighted by atomic mass is 9.74. The molecule has 2 aliphatic rings. The van der Waals surface area contributed by atoms with Crippen LogP contribution < -0.4 is 10.1 Å². The van der Waals surface area contributed by atoms with E-state index in [0.29, 0.717) is 38.5 Å². The summed E-state index contributed by atoms with van der Waals surface area (Å²) in [5.74, 6) is 0.592. The summed E-state index contributed by atoms with van der Waals surface area (Å²) in [7, 11) is 0. The highest BCUT2D eigenvalue weighted by atomic mass is 35.5. The summed E-state index contributed by atoms with van der Waals surface area (Å²) in [6.07, 6.45) is 1.82. The average molecular weight is 376 g/mol. The van der Waals surface area contributed by atoms with E-state index in [0.717, 1.165) is 24.9 Å². The van der Waals surface area contributed by atoms with E-state index in [4.69, 9.17) is 14.2 Å². The van der Waals surface area contributed by atoms with Crippen LogP contribution in [0.5, 0.6) is 5.75 Å². The first kappa shape index (κ1) is 20.4. The maximum atomic E-state index is 12.4. The number of nitrogens with one attached hydrogen (secondary N) is 1. The molecule has 0 aromatic heterocycles. The molecule has 2 atom stereocenters. The van der Waals surface area contributed by atoms with Gasteiger partial charge in [0.15, 0.2) is 0 Å². The van der Waals surface area contributed by atoms with E-state index in [1.807, 2.05) is 12.1 Å². The first-order valence-corrected chi connectivity index (χ1v) is 8.62. The number of hydrogen-bond donors (Lipinski definition) is 2. The van der Waals surface area contributed by atoms with Crippen molar-refractivity contribution in [3.63, 3.8) is 0 Å². The summed E-state index contributed by atoms with van der Waals surface area (Å²) in [5.41, 5.74) is -0.0601. The minimum absolute atomic E-state index is 0. The molecule has 2 N–H and O–H groups in total. The summed E-state index contributed by atoms with van der Waals surface area (Å²) in [6.45, 7) is 2.51. The molecule has 0 amide bonds. The average Bonchev–Trinajstić information content (AvgIpc) is 2.64. The molecule has 2 heterocycles. The Labute approximate surface area is 154 Å². The minimum Gasteiger partial charge on any atom is -0.463 e. The van der Waals surface area contributed by atoms with Gasteiger partial charge in [-0.05, 0) is 36.5 Å². The first-order valence-electron chi connectivity index (χ1n) is 8.62. The minimum atomic E-state index is -0.981. The highest BCUT2D eigenvalue weighted by molar-refractivity contribution is 5.85. The van der Waals surface area contributed by atoms with Crippen LogP contribution in [0.1, 0.15) is 18.4 Å². The van der Waals surface area contributed by atoms with Gasteiger partial charge in [0.25, 0.3) is 0 Å². The fourth-order valence-electron chi connectivity index (χ4n) is 3.74. The molecule has 2 aliphatic heterocycles. The number of rotatable bonds is 6. The highest BCUT2D eigenvalue weighted by Crippen LogP contribution is 2.35. The van der Waals surface area contributed by atoms with Gasteiger partial charge in [0.2, 0.25) is 6.86 Å². The topological polar surface area (TPSA) is 60.0 Å². The number of morpholine rings is 1. The van der Waals surface area contributed by atoms with Crippen LogP contribution in [0.4, 0.5) is 4.39 Å². The van der Waals surface area contributed by atoms with Gasteiger partial charge in [0, 0.05) is 32.7 Å². The van der Waals surface area contributed by atoms with Crippen LogP contribution in [0, 0.1) is 5.92 Å². The Morgan fingerprint density at radius 2 is 2.08 bits per heavy atom. The quantitative estimate of drug-likeness (QED) is 0.797. The Balaban J connectivity index is 0.00000225. The van der Waals surface area contributed by atoms with Crippen LogP contribution in [0.15, 0.2) is 24.3 Å². The molecular weight excluding hydrogens is 349 g/mol. The third kappa shape index (κ3) is 5.05. The Morgan fingerprint density at radius 1 is 1.28 bits per heavy atom. The van der Waals surface area contributed by atoms with E-state index in [9.17, 15) is 9.50 Å². The highest BCUT2D eigenvalue weighted by Gasteiger charge is 2.45. The molecule has 2 saturated heterocycles. The van der Waals surface area contributed by atoms with Crippen LogP contribution in [0.3, 0.4) is 0 Å². The van der Waals surface area contributed by atoms with Gasteiger partial charge in [-0.2, -0.15) is 0 Å². The van der Waals surface area contributed by atoms with Gasteiger partial charge in [-0.25, -0.2) is 4.39 Å². The Kier molecular flexibility index (Phi) is 7.90. The van der Waals surface area contributed by atoms with Gasteiger partial charge in [0.05, 0.1) is 18.3 Å². The predicted octanol–water partition coefficient (Wildman–Crippen LogP) is 2.10. The molecule has 142 valence electrons. The second kappa shape index (κ2) is 9.69. The molecule has 3 rings (SSSR count). The van der Waals surface area contributed by atoms with Crippen molar-refractivity contribution in [1.29, 1.82) is 0 Å². The summed E-state index contributed by atoms with van der Waals surface area (Å²) in [6, 6.07) is 7.27. The molecule has 2 unspecified atom stereocenters. The number of alkyl halides is 1. The van der Waals surface area contributed by atoms with Crippen molar-refractivity contribution >= 4 is 12.4 Å². The zero-order valence-electron chi connectivity index (χ0n) is 14.3. The maximum Gasteiger partial charge on any atom is 0.228 e. The molecule has 1 aromatic carbocycles. The van der Waals surface area contributed by atoms with Crippen molar-refractivity contribution in [2.75, 3.05) is 39.8 Å². The normalized spacial score (nSPS) is 24.2. The Bertz CT molecular complexity index is 504. The van der Waals surface area contributed by atoms with Gasteiger partial charge in [-0.3, -0.25) is 0 Å². The molecule has 0 saturated carbocycles. The van der Waals surface area contributed by atoms with Gasteiger partial charge in [-0.15, -0.1) is 12.4 Å². The lowest BCUT2D eigenvalue weighted by molar-refractivity contribution is -0.163. The molecule has 2 fully saturated rings. The molecule has 5 nitrogen and oxygen atoms in total. The third-order valence-corrected chi connectivity index (χ3v) is 5.02. The number of hydrogen-bond acceptors (Lipinski definition) is 5. The fraction of sp³-hybridized carbons (Fsp3) is 0.667. The molecule has 0 spiro atoms. The fourth-order valence-corrected chi connectivity index (χ4v) is 3.74. The van der Waals surface area contributed by atoms with Crippen molar-refractivity contribution in [2.45, 2.75) is 31.0 Å². The molecule has 25 heavy (non-hydrogen) atoms. The number of halogens is 2. The van der Waals surface area contributed by atoms with Gasteiger partial charge >= 0.3 is 0 Å². The van der Waals surface area contributed by atoms with Crippen LogP contribution in [-0.2, 0) is 15.9 Å². The number of aliphatic hydroxyl groups is 1. The standard InChI is InChI=1S/C18H26FNO4.ClH/c19-13-24-16-3-1-2-14(10-16)11-18(21,15-4-7-22-8-5-15)17-12-20-6-9-23-17;/h1-3,10,15,17,20-21H,4-9,11-13H2;1H. The summed E-state index contributed by atoms with van der Waals surface area (Å²) >= 11 is 0. The lowest BCUT2D eigenvalue weighted by Crippen LogP contribution is -2.59. The number of ether oxygens (including phenoxy) is 3. The van der Waals surface area contributed by atoms with Crippen LogP contribution in [0.2, 0.25) is 0 Å². The first-order chi connectivity index (χ1) is 11.7. The van der Waals surface area contributed by atoms with Crippen molar-refractivity contribution in [2.24, 2.45) is 5.92 Å². The zero-order chi connectivity index (χ0) is 16.8. The zero-order valence-corrected chi connectivity index (χ0v) is 15.1. The number of benzene rings is 1. The molecule has 0 radical (unpaired) electrons. The summed E-state index contributed by atoms with van der Waals surface area (Å²) < 4.78 is 28.7. The van der Waals surface area contributed by atoms with Crippen molar-refractivity contribution in [3.05, 3.63) is 29.8 Å². The van der Waals surface area contributed by atoms with Crippen molar-refractivity contribution < 1.29 is 23.7 Å². The van der Waals surface area contributed by atoms with E-state index >= 15 is 0 Å². The van der Waals surface area contributed by atoms with Crippen molar-refractivity contribution in [3.8, 4) is 5.75 Å². The monoisotopic (exact) mass is 375 g/mol. The summed E-state index contributed by atoms with van der Waals surface area (Å²) in [5, 5.41) is 14.9. The smallest absolute Gasteiger partial charge is 0.228 e. The van der Waals surface area contributed by atoms with E-state index in [1.165, 1.54) is 0 Å². The third-order valence-electron chi connectivity index (χ3n) is 5.02. The van der Waals surface area contributed by atoms with Crippen LogP contribution in [0.25, 0.3) is 0 Å². The van der Waals surface area contributed by atoms with Gasteiger partial charge in [0.1, 0.15) is 5.75 Å². The molecule has 0 aliphatic carbocycles.